The van der Waals surface area contributed by atoms with Crippen LogP contribution < -0.4 is 11.5 Å². The summed E-state index contributed by atoms with van der Waals surface area (Å²) >= 11 is 0. The van der Waals surface area contributed by atoms with Crippen molar-refractivity contribution in [2.45, 2.75) is 0 Å². The molecule has 0 aromatic heterocycles. The highest BCUT2D eigenvalue weighted by Crippen LogP contribution is 2.29. The van der Waals surface area contributed by atoms with Crippen LogP contribution in [0.2, 0.25) is 0 Å². The number of azo groups is 1. The normalized spacial score (nSPS) is 10.8. The van der Waals surface area contributed by atoms with Gasteiger partial charge in [0.05, 0.1) is 5.69 Å². The third-order valence-electron chi connectivity index (χ3n) is 2.20. The Kier molecular flexibility index (Phi) is 2.91. The van der Waals surface area contributed by atoms with Gasteiger partial charge in [-0.1, -0.05) is 12.1 Å². The Morgan fingerprint density at radius 1 is 0.882 bits per heavy atom. The summed E-state index contributed by atoms with van der Waals surface area (Å²) in [6.45, 7) is 0. The van der Waals surface area contributed by atoms with Gasteiger partial charge in [0.1, 0.15) is 17.1 Å². The molecule has 2 aromatic rings. The number of phenolic OH excluding ortho intramolecular Hbond substituents is 1. The highest BCUT2D eigenvalue weighted by atomic mass is 16.3. The van der Waals surface area contributed by atoms with Gasteiger partial charge in [0, 0.05) is 5.69 Å². The van der Waals surface area contributed by atoms with E-state index in [9.17, 15) is 5.11 Å². The van der Waals surface area contributed by atoms with E-state index in [1.165, 1.54) is 0 Å². The Morgan fingerprint density at radius 3 is 2.29 bits per heavy atom. The average Bonchev–Trinajstić information content (AvgIpc) is 2.30. The molecule has 2 rings (SSSR count). The molecule has 0 spiro atoms. The maximum atomic E-state index is 9.50. The number of para-hydroxylation sites is 1. The fourth-order valence-electron chi connectivity index (χ4n) is 1.32. The van der Waals surface area contributed by atoms with Gasteiger partial charge in [0.15, 0.2) is 0 Å². The topological polar surface area (TPSA) is 97.0 Å². The molecule has 0 radical (unpaired) electrons. The van der Waals surface area contributed by atoms with Gasteiger partial charge in [-0.05, 0) is 30.3 Å². The number of anilines is 2. The molecule has 0 amide bonds. The Morgan fingerprint density at radius 2 is 1.59 bits per heavy atom. The second kappa shape index (κ2) is 4.52. The second-order valence-electron chi connectivity index (χ2n) is 3.51. The molecule has 0 atom stereocenters. The number of aromatic hydroxyl groups is 1. The smallest absolute Gasteiger partial charge is 0.143 e. The Hall–Kier alpha value is -2.56. The Bertz CT molecular complexity index is 566. The van der Waals surface area contributed by atoms with Crippen LogP contribution in [0.4, 0.5) is 22.7 Å². The van der Waals surface area contributed by atoms with Crippen molar-refractivity contribution in [3.63, 3.8) is 0 Å². The molecule has 0 saturated carbocycles. The first-order valence-corrected chi connectivity index (χ1v) is 5.01. The van der Waals surface area contributed by atoms with E-state index in [-0.39, 0.29) is 5.75 Å². The molecule has 0 bridgehead atoms. The molecule has 0 aliphatic rings. The van der Waals surface area contributed by atoms with Gasteiger partial charge in [-0.25, -0.2) is 0 Å². The van der Waals surface area contributed by atoms with Gasteiger partial charge in [-0.3, -0.25) is 0 Å². The van der Waals surface area contributed by atoms with Crippen LogP contribution >= 0.6 is 0 Å². The van der Waals surface area contributed by atoms with Gasteiger partial charge in [-0.2, -0.15) is 0 Å². The van der Waals surface area contributed by atoms with E-state index in [1.54, 1.807) is 42.5 Å². The number of rotatable bonds is 2. The Labute approximate surface area is 98.4 Å². The van der Waals surface area contributed by atoms with E-state index in [4.69, 9.17) is 11.5 Å². The fraction of sp³-hybridized carbons (Fsp3) is 0. The summed E-state index contributed by atoms with van der Waals surface area (Å²) in [6, 6.07) is 11.7. The number of nitrogens with two attached hydrogens (primary N) is 2. The molecule has 0 heterocycles. The number of nitrogens with zero attached hydrogens (tertiary/aromatic N) is 2. The summed E-state index contributed by atoms with van der Waals surface area (Å²) < 4.78 is 0. The largest absolute Gasteiger partial charge is 0.506 e. The minimum atomic E-state index is 0.0743. The van der Waals surface area contributed by atoms with Gasteiger partial charge in [0.2, 0.25) is 0 Å². The van der Waals surface area contributed by atoms with Crippen LogP contribution in [-0.2, 0) is 0 Å². The van der Waals surface area contributed by atoms with Crippen molar-refractivity contribution in [1.29, 1.82) is 0 Å². The van der Waals surface area contributed by atoms with Gasteiger partial charge >= 0.3 is 0 Å². The number of hydrogen-bond acceptors (Lipinski definition) is 5. The molecule has 17 heavy (non-hydrogen) atoms. The first-order valence-electron chi connectivity index (χ1n) is 5.01. The third kappa shape index (κ3) is 2.52. The lowest BCUT2D eigenvalue weighted by atomic mass is 10.2. The summed E-state index contributed by atoms with van der Waals surface area (Å²) in [6.07, 6.45) is 0. The van der Waals surface area contributed by atoms with Crippen molar-refractivity contribution in [2.75, 3.05) is 11.5 Å². The lowest BCUT2D eigenvalue weighted by Gasteiger charge is -2.00. The molecule has 5 heteroatoms. The first-order chi connectivity index (χ1) is 8.16. The van der Waals surface area contributed by atoms with Crippen molar-refractivity contribution in [3.05, 3.63) is 42.5 Å². The molecule has 0 aliphatic carbocycles. The van der Waals surface area contributed by atoms with Crippen LogP contribution in [0.1, 0.15) is 0 Å². The van der Waals surface area contributed by atoms with Crippen molar-refractivity contribution in [1.82, 2.24) is 0 Å². The second-order valence-corrected chi connectivity index (χ2v) is 3.51. The van der Waals surface area contributed by atoms with Crippen LogP contribution in [0.25, 0.3) is 0 Å². The molecular weight excluding hydrogens is 216 g/mol. The zero-order chi connectivity index (χ0) is 12.3. The van der Waals surface area contributed by atoms with Crippen LogP contribution in [-0.4, -0.2) is 5.11 Å². The van der Waals surface area contributed by atoms with Crippen LogP contribution in [0.3, 0.4) is 0 Å². The number of phenols is 1. The SMILES string of the molecule is Nc1ccc(N=Nc2ccccc2O)c(N)c1. The number of benzene rings is 2. The predicted molar refractivity (Wildman–Crippen MR) is 67.5 cm³/mol. The molecule has 2 aromatic carbocycles. The molecule has 5 N–H and O–H groups in total. The molecule has 0 saturated heterocycles. The first kappa shape index (κ1) is 10.9. The van der Waals surface area contributed by atoms with Gasteiger partial charge < -0.3 is 16.6 Å². The monoisotopic (exact) mass is 228 g/mol. The van der Waals surface area contributed by atoms with Gasteiger partial charge in [-0.15, -0.1) is 10.2 Å². The summed E-state index contributed by atoms with van der Waals surface area (Å²) in [7, 11) is 0. The minimum absolute atomic E-state index is 0.0743. The van der Waals surface area contributed by atoms with E-state index in [0.29, 0.717) is 22.7 Å². The number of hydrogen-bond donors (Lipinski definition) is 3. The van der Waals surface area contributed by atoms with Crippen LogP contribution in [0.15, 0.2) is 52.7 Å². The minimum Gasteiger partial charge on any atom is -0.506 e. The van der Waals surface area contributed by atoms with Crippen LogP contribution in [0, 0.1) is 0 Å². The fourth-order valence-corrected chi connectivity index (χ4v) is 1.32. The van der Waals surface area contributed by atoms with E-state index >= 15 is 0 Å². The van der Waals surface area contributed by atoms with E-state index in [0.717, 1.165) is 0 Å². The van der Waals surface area contributed by atoms with Crippen molar-refractivity contribution in [3.8, 4) is 5.75 Å². The quantitative estimate of drug-likeness (QED) is 0.544. The highest BCUT2D eigenvalue weighted by molar-refractivity contribution is 5.67. The summed E-state index contributed by atoms with van der Waals surface area (Å²) in [5.41, 5.74) is 13.2. The van der Waals surface area contributed by atoms with Crippen molar-refractivity contribution >= 4 is 22.7 Å². The standard InChI is InChI=1S/C12H12N4O/c13-8-5-6-10(9(14)7-8)15-16-11-3-1-2-4-12(11)17/h1-7,17H,13-14H2. The summed E-state index contributed by atoms with van der Waals surface area (Å²) in [5.74, 6) is 0.0743. The lowest BCUT2D eigenvalue weighted by molar-refractivity contribution is 0.476. The maximum absolute atomic E-state index is 9.50. The molecule has 0 fully saturated rings. The lowest BCUT2D eigenvalue weighted by Crippen LogP contribution is -1.89. The molecule has 86 valence electrons. The van der Waals surface area contributed by atoms with E-state index in [1.807, 2.05) is 0 Å². The third-order valence-corrected chi connectivity index (χ3v) is 2.20. The van der Waals surface area contributed by atoms with Gasteiger partial charge in [0.25, 0.3) is 0 Å². The van der Waals surface area contributed by atoms with Crippen molar-refractivity contribution in [2.24, 2.45) is 10.2 Å². The molecular formula is C12H12N4O. The maximum Gasteiger partial charge on any atom is 0.143 e. The number of nitrogen functional groups attached to an aromatic ring is 2. The zero-order valence-corrected chi connectivity index (χ0v) is 9.04. The summed E-state index contributed by atoms with van der Waals surface area (Å²) in [5, 5.41) is 17.4. The molecule has 0 aliphatic heterocycles. The zero-order valence-electron chi connectivity index (χ0n) is 9.04. The highest BCUT2D eigenvalue weighted by Gasteiger charge is 1.99. The summed E-state index contributed by atoms with van der Waals surface area (Å²) in [4.78, 5) is 0. The molecule has 0 unspecified atom stereocenters. The Balaban J connectivity index is 2.29. The van der Waals surface area contributed by atoms with E-state index < -0.39 is 0 Å². The predicted octanol–water partition coefficient (Wildman–Crippen LogP) is 2.97. The van der Waals surface area contributed by atoms with E-state index in [2.05, 4.69) is 10.2 Å². The van der Waals surface area contributed by atoms with Crippen molar-refractivity contribution < 1.29 is 5.11 Å². The van der Waals surface area contributed by atoms with Crippen LogP contribution in [0.5, 0.6) is 5.75 Å². The molecule has 5 nitrogen and oxygen atoms in total. The average molecular weight is 228 g/mol.